The number of carbonyl (C=O) groups is 3. The number of carbonyl (C=O) groups excluding carboxylic acids is 3. The number of pyridine rings is 2. The van der Waals surface area contributed by atoms with Crippen molar-refractivity contribution in [3.63, 3.8) is 0 Å². The summed E-state index contributed by atoms with van der Waals surface area (Å²) < 4.78 is 34.9. The zero-order chi connectivity index (χ0) is 35.9. The van der Waals surface area contributed by atoms with Crippen molar-refractivity contribution < 1.29 is 37.6 Å². The molecule has 0 saturated heterocycles. The van der Waals surface area contributed by atoms with Gasteiger partial charge in [0.2, 0.25) is 0 Å². The molecule has 3 heterocycles. The lowest BCUT2D eigenvalue weighted by Gasteiger charge is -2.26. The molecule has 12 heteroatoms. The van der Waals surface area contributed by atoms with Crippen molar-refractivity contribution in [3.8, 4) is 11.4 Å². The van der Waals surface area contributed by atoms with Crippen LogP contribution in [0.25, 0.3) is 22.3 Å². The first kappa shape index (κ1) is 35.7. The van der Waals surface area contributed by atoms with E-state index < -0.39 is 35.8 Å². The summed E-state index contributed by atoms with van der Waals surface area (Å²) in [5, 5.41) is 3.48. The van der Waals surface area contributed by atoms with Gasteiger partial charge in [0.25, 0.3) is 5.56 Å². The molecule has 0 saturated carbocycles. The van der Waals surface area contributed by atoms with E-state index in [1.165, 1.54) is 6.07 Å². The second kappa shape index (κ2) is 13.7. The van der Waals surface area contributed by atoms with Gasteiger partial charge in [-0.25, -0.2) is 28.3 Å². The van der Waals surface area contributed by atoms with Gasteiger partial charge in [-0.05, 0) is 81.7 Å². The molecule has 2 aromatic heterocycles. The van der Waals surface area contributed by atoms with Crippen molar-refractivity contribution in [3.05, 3.63) is 62.2 Å². The van der Waals surface area contributed by atoms with Crippen molar-refractivity contribution >= 4 is 35.1 Å². The van der Waals surface area contributed by atoms with Crippen LogP contribution in [-0.2, 0) is 43.4 Å². The minimum atomic E-state index is -1.25. The monoisotopic (exact) mass is 677 g/mol. The minimum absolute atomic E-state index is 0.0698. The molecular formula is C37H46FN4O7+. The third kappa shape index (κ3) is 7.23. The topological polar surface area (TPSA) is 129 Å². The molecule has 0 bridgehead atoms. The molecular weight excluding hydrogens is 631 g/mol. The number of amides is 1. The number of hydrogen-bond acceptors (Lipinski definition) is 8. The van der Waals surface area contributed by atoms with Crippen LogP contribution in [0.4, 0.5) is 9.18 Å². The number of aryl methyl sites for hydroxylation is 1. The molecule has 1 aliphatic carbocycles. The van der Waals surface area contributed by atoms with Crippen LogP contribution in [-0.4, -0.2) is 70.2 Å². The first-order valence-electron chi connectivity index (χ1n) is 16.8. The van der Waals surface area contributed by atoms with Crippen LogP contribution in [0.1, 0.15) is 88.1 Å². The predicted octanol–water partition coefficient (Wildman–Crippen LogP) is 5.16. The highest BCUT2D eigenvalue weighted by molar-refractivity contribution is 5.95. The number of fused-ring (bicyclic) bond motifs is 4. The number of nitrogens with one attached hydrogen (secondary N) is 1. The molecule has 11 nitrogen and oxygen atoms in total. The molecule has 262 valence electrons. The Morgan fingerprint density at radius 2 is 1.88 bits per heavy atom. The lowest BCUT2D eigenvalue weighted by atomic mass is 9.78. The average molecular weight is 678 g/mol. The second-order valence-electron chi connectivity index (χ2n) is 14.4. The highest BCUT2D eigenvalue weighted by Gasteiger charge is 2.35. The molecule has 3 aromatic rings. The van der Waals surface area contributed by atoms with Crippen LogP contribution in [0.3, 0.4) is 0 Å². The van der Waals surface area contributed by atoms with Crippen molar-refractivity contribution in [2.75, 3.05) is 14.1 Å². The van der Waals surface area contributed by atoms with Crippen molar-refractivity contribution in [1.82, 2.24) is 14.9 Å². The first-order valence-corrected chi connectivity index (χ1v) is 16.8. The maximum atomic E-state index is 15.0. The maximum absolute atomic E-state index is 15.0. The van der Waals surface area contributed by atoms with Crippen LogP contribution >= 0.6 is 0 Å². The van der Waals surface area contributed by atoms with Gasteiger partial charge in [-0.1, -0.05) is 20.8 Å². The number of aromatic nitrogens is 2. The van der Waals surface area contributed by atoms with E-state index in [0.717, 1.165) is 34.9 Å². The van der Waals surface area contributed by atoms with Crippen molar-refractivity contribution in [2.45, 2.75) is 105 Å². The molecule has 0 spiro atoms. The summed E-state index contributed by atoms with van der Waals surface area (Å²) in [6.07, 6.45) is 1.79. The Hall–Kier alpha value is -4.61. The zero-order valence-electron chi connectivity index (χ0n) is 29.7. The van der Waals surface area contributed by atoms with E-state index in [4.69, 9.17) is 19.2 Å². The Morgan fingerprint density at radius 1 is 1.16 bits per heavy atom. The summed E-state index contributed by atoms with van der Waals surface area (Å²) in [6, 6.07) is 3.80. The number of esters is 2. The molecule has 0 fully saturated rings. The summed E-state index contributed by atoms with van der Waals surface area (Å²) in [4.78, 5) is 57.1. The van der Waals surface area contributed by atoms with E-state index in [9.17, 15) is 19.2 Å². The number of benzene rings is 1. The number of alkyl carbamates (subject to hydrolysis) is 1. The van der Waals surface area contributed by atoms with Crippen molar-refractivity contribution in [2.24, 2.45) is 5.92 Å². The summed E-state index contributed by atoms with van der Waals surface area (Å²) in [6.45, 7) is 12.0. The SMILES string of the molecule is CC[C@@H](OC(=O)[C@@H](NC(=O)OC(C)(C)C)C(C)C)C(=O)OCc1ccc2n(c1=O)Cc1c-2nc2cc(F)c(C)c3c2c1C(C=[N+](C)C)CC3. The number of nitrogens with zero attached hydrogens (tertiary/aromatic N) is 3. The van der Waals surface area contributed by atoms with Crippen LogP contribution in [0.15, 0.2) is 23.0 Å². The van der Waals surface area contributed by atoms with Gasteiger partial charge in [0.05, 0.1) is 34.9 Å². The normalized spacial score (nSPS) is 16.0. The summed E-state index contributed by atoms with van der Waals surface area (Å²) >= 11 is 0. The lowest BCUT2D eigenvalue weighted by Crippen LogP contribution is -2.48. The summed E-state index contributed by atoms with van der Waals surface area (Å²) in [7, 11) is 3.95. The van der Waals surface area contributed by atoms with Gasteiger partial charge in [-0.15, -0.1) is 0 Å². The van der Waals surface area contributed by atoms with Crippen LogP contribution < -0.4 is 10.9 Å². The Labute approximate surface area is 285 Å². The van der Waals surface area contributed by atoms with E-state index in [1.807, 2.05) is 18.7 Å². The molecule has 1 unspecified atom stereocenters. The molecule has 1 amide bonds. The molecule has 49 heavy (non-hydrogen) atoms. The minimum Gasteiger partial charge on any atom is -0.458 e. The highest BCUT2D eigenvalue weighted by Crippen LogP contribution is 2.44. The van der Waals surface area contributed by atoms with Gasteiger partial charge in [0.15, 0.2) is 6.10 Å². The molecule has 3 atom stereocenters. The summed E-state index contributed by atoms with van der Waals surface area (Å²) in [5.41, 5.74) is 4.58. The number of halogens is 1. The maximum Gasteiger partial charge on any atom is 0.408 e. The first-order chi connectivity index (χ1) is 23.0. The van der Waals surface area contributed by atoms with Gasteiger partial charge in [0.1, 0.15) is 44.4 Å². The Morgan fingerprint density at radius 3 is 2.51 bits per heavy atom. The van der Waals surface area contributed by atoms with E-state index in [1.54, 1.807) is 65.2 Å². The third-order valence-corrected chi connectivity index (χ3v) is 8.97. The third-order valence-electron chi connectivity index (χ3n) is 8.97. The van der Waals surface area contributed by atoms with E-state index in [2.05, 4.69) is 11.5 Å². The fraction of sp³-hybridized carbons (Fsp3) is 0.514. The van der Waals surface area contributed by atoms with Crippen LogP contribution in [0.2, 0.25) is 0 Å². The smallest absolute Gasteiger partial charge is 0.408 e. The zero-order valence-corrected chi connectivity index (χ0v) is 29.7. The highest BCUT2D eigenvalue weighted by atomic mass is 19.1. The molecule has 1 aromatic carbocycles. The molecule has 1 aliphatic heterocycles. The Balaban J connectivity index is 1.36. The van der Waals surface area contributed by atoms with E-state index >= 15 is 4.39 Å². The summed E-state index contributed by atoms with van der Waals surface area (Å²) in [5.74, 6) is -2.18. The number of rotatable bonds is 9. The van der Waals surface area contributed by atoms with E-state index in [-0.39, 0.29) is 48.3 Å². The fourth-order valence-electron chi connectivity index (χ4n) is 6.63. The molecule has 5 rings (SSSR count). The fourth-order valence-corrected chi connectivity index (χ4v) is 6.63. The Kier molecular flexibility index (Phi) is 9.99. The van der Waals surface area contributed by atoms with Gasteiger partial charge < -0.3 is 24.1 Å². The standard InChI is InChI=1S/C37H45FN4O7/c1-10-28(48-35(45)31(19(2)3)40-36(46)49-37(5,6)7)34(44)47-18-22-12-14-27-32-24(17-42(27)33(22)43)29-21(16-41(8)9)11-13-23-20(4)25(38)15-26(39-32)30(23)29/h12,14-16,19,21,28,31H,10-11,13,17-18H2,1-9H3/p+1/t21?,28-,31+/m1/s1. The van der Waals surface area contributed by atoms with Crippen LogP contribution in [0.5, 0.6) is 0 Å². The van der Waals surface area contributed by atoms with Gasteiger partial charge >= 0.3 is 18.0 Å². The number of hydrogen-bond donors (Lipinski definition) is 1. The van der Waals surface area contributed by atoms with E-state index in [0.29, 0.717) is 22.5 Å². The van der Waals surface area contributed by atoms with Gasteiger partial charge in [-0.2, -0.15) is 0 Å². The average Bonchev–Trinajstić information content (AvgIpc) is 3.39. The molecule has 2 aliphatic rings. The molecule has 1 N–H and O–H groups in total. The van der Waals surface area contributed by atoms with Gasteiger partial charge in [-0.3, -0.25) is 4.79 Å². The second-order valence-corrected chi connectivity index (χ2v) is 14.4. The Bertz CT molecular complexity index is 1920. The number of ether oxygens (including phenoxy) is 3. The quantitative estimate of drug-likeness (QED) is 0.111. The van der Waals surface area contributed by atoms with Gasteiger partial charge in [0, 0.05) is 17.0 Å². The molecule has 0 radical (unpaired) electrons. The largest absolute Gasteiger partial charge is 0.458 e. The predicted molar refractivity (Wildman–Crippen MR) is 182 cm³/mol. The van der Waals surface area contributed by atoms with Crippen molar-refractivity contribution in [1.29, 1.82) is 0 Å². The lowest BCUT2D eigenvalue weighted by molar-refractivity contribution is -0.461. The van der Waals surface area contributed by atoms with Crippen LogP contribution in [0, 0.1) is 18.7 Å².